The first-order valence-electron chi connectivity index (χ1n) is 5.02. The van der Waals surface area contributed by atoms with Crippen LogP contribution in [0.15, 0.2) is 0 Å². The molecular weight excluding hydrogens is 236 g/mol. The number of hydrogen-bond donors (Lipinski definition) is 2. The van der Waals surface area contributed by atoms with Crippen LogP contribution in [0.25, 0.3) is 0 Å². The standard InChI is InChI=1S/C8H16O2.C2H3O2.Cr/c1-3-5-6-7(4-2)8(9)10;1-2(3)4;/h7H,3-6H2,1-2H3,(H,9,10);1H2,(H,3,4);. The first kappa shape index (κ1) is 16.9. The van der Waals surface area contributed by atoms with E-state index in [1.807, 2.05) is 6.92 Å². The Labute approximate surface area is 99.1 Å². The molecule has 4 nitrogen and oxygen atoms in total. The van der Waals surface area contributed by atoms with E-state index in [4.69, 9.17) is 10.2 Å². The van der Waals surface area contributed by atoms with E-state index < -0.39 is 11.9 Å². The number of hydrogen-bond acceptors (Lipinski definition) is 2. The van der Waals surface area contributed by atoms with E-state index in [9.17, 15) is 9.59 Å². The Bertz CT molecular complexity index is 182. The van der Waals surface area contributed by atoms with E-state index in [0.717, 1.165) is 25.7 Å². The predicted octanol–water partition coefficient (Wildman–Crippen LogP) is 2.32. The molecule has 0 fully saturated rings. The number of rotatable bonds is 6. The monoisotopic (exact) mass is 255 g/mol. The van der Waals surface area contributed by atoms with Gasteiger partial charge >= 0.3 is 43.4 Å². The van der Waals surface area contributed by atoms with Crippen LogP contribution in [0.2, 0.25) is 5.28 Å². The first-order valence-corrected chi connectivity index (χ1v) is 5.92. The first-order chi connectivity index (χ1) is 6.99. The van der Waals surface area contributed by atoms with E-state index in [1.165, 1.54) is 0 Å². The van der Waals surface area contributed by atoms with Crippen molar-refractivity contribution in [3.05, 3.63) is 0 Å². The molecule has 0 bridgehead atoms. The van der Waals surface area contributed by atoms with Crippen LogP contribution in [0.4, 0.5) is 0 Å². The molecule has 0 radical (unpaired) electrons. The van der Waals surface area contributed by atoms with Gasteiger partial charge in [-0.25, -0.2) is 0 Å². The molecule has 0 aromatic carbocycles. The van der Waals surface area contributed by atoms with Gasteiger partial charge in [0.1, 0.15) is 0 Å². The summed E-state index contributed by atoms with van der Waals surface area (Å²) in [4.78, 5) is 19.8. The van der Waals surface area contributed by atoms with Gasteiger partial charge in [0.05, 0.1) is 5.92 Å². The summed E-state index contributed by atoms with van der Waals surface area (Å²) in [5, 5.41) is 16.4. The maximum atomic E-state index is 10.4. The van der Waals surface area contributed by atoms with E-state index in [1.54, 1.807) is 0 Å². The summed E-state index contributed by atoms with van der Waals surface area (Å²) in [5.74, 6) is -1.55. The third-order valence-electron chi connectivity index (χ3n) is 1.87. The molecule has 1 atom stereocenters. The van der Waals surface area contributed by atoms with Gasteiger partial charge in [-0.05, 0) is 12.8 Å². The van der Waals surface area contributed by atoms with Crippen LogP contribution in [-0.4, -0.2) is 22.2 Å². The van der Waals surface area contributed by atoms with Crippen LogP contribution in [0.3, 0.4) is 0 Å². The van der Waals surface area contributed by atoms with Crippen molar-refractivity contribution >= 4 is 11.9 Å². The second-order valence-electron chi connectivity index (χ2n) is 3.12. The Morgan fingerprint density at radius 3 is 1.93 bits per heavy atom. The topological polar surface area (TPSA) is 74.6 Å². The Balaban J connectivity index is 0. The Hall–Kier alpha value is -0.528. The molecule has 0 saturated carbocycles. The van der Waals surface area contributed by atoms with Gasteiger partial charge in [0, 0.05) is 0 Å². The van der Waals surface area contributed by atoms with Crippen molar-refractivity contribution in [3.63, 3.8) is 0 Å². The van der Waals surface area contributed by atoms with Gasteiger partial charge in [-0.1, -0.05) is 26.7 Å². The van der Waals surface area contributed by atoms with E-state index in [0.29, 0.717) is 0 Å². The van der Waals surface area contributed by atoms with Gasteiger partial charge in [-0.15, -0.1) is 0 Å². The van der Waals surface area contributed by atoms with E-state index >= 15 is 0 Å². The fourth-order valence-electron chi connectivity index (χ4n) is 0.953. The molecule has 1 unspecified atom stereocenters. The van der Waals surface area contributed by atoms with Crippen LogP contribution in [-0.2, 0) is 25.9 Å². The van der Waals surface area contributed by atoms with Crippen molar-refractivity contribution in [3.8, 4) is 0 Å². The van der Waals surface area contributed by atoms with Crippen LogP contribution >= 0.6 is 0 Å². The number of carboxylic acid groups (broad SMARTS) is 2. The molecule has 15 heavy (non-hydrogen) atoms. The third-order valence-corrected chi connectivity index (χ3v) is 2.26. The Morgan fingerprint density at radius 2 is 1.73 bits per heavy atom. The van der Waals surface area contributed by atoms with Crippen molar-refractivity contribution in [1.82, 2.24) is 0 Å². The number of carboxylic acids is 2. The predicted molar refractivity (Wildman–Crippen MR) is 53.4 cm³/mol. The van der Waals surface area contributed by atoms with Crippen LogP contribution in [0.5, 0.6) is 0 Å². The summed E-state index contributed by atoms with van der Waals surface area (Å²) in [6.07, 6.45) is 3.71. The van der Waals surface area contributed by atoms with Crippen LogP contribution in [0.1, 0.15) is 39.5 Å². The van der Waals surface area contributed by atoms with Gasteiger partial charge in [-0.3, -0.25) is 4.79 Å². The molecule has 0 aromatic rings. The van der Waals surface area contributed by atoms with Gasteiger partial charge < -0.3 is 5.11 Å². The summed E-state index contributed by atoms with van der Waals surface area (Å²) in [6, 6.07) is 0. The molecule has 0 spiro atoms. The van der Waals surface area contributed by atoms with Gasteiger partial charge in [0.15, 0.2) is 0 Å². The summed E-state index contributed by atoms with van der Waals surface area (Å²) >= 11 is 2.34. The minimum atomic E-state index is -0.801. The SMILES string of the molecule is CCCCC(CC)C(=O)O.O=C(O)[CH2][Cr]. The molecule has 2 N–H and O–H groups in total. The summed E-state index contributed by atoms with van der Waals surface area (Å²) in [6.45, 7) is 4.00. The zero-order valence-corrected chi connectivity index (χ0v) is 10.5. The minimum absolute atomic E-state index is 0.0972. The zero-order valence-electron chi connectivity index (χ0n) is 9.23. The molecule has 0 amide bonds. The van der Waals surface area contributed by atoms with E-state index in [2.05, 4.69) is 23.2 Å². The third kappa shape index (κ3) is 13.5. The van der Waals surface area contributed by atoms with Crippen molar-refractivity contribution in [2.45, 2.75) is 44.8 Å². The van der Waals surface area contributed by atoms with Crippen LogP contribution < -0.4 is 0 Å². The number of aliphatic carboxylic acids is 2. The molecule has 5 heteroatoms. The van der Waals surface area contributed by atoms with Crippen molar-refractivity contribution in [2.24, 2.45) is 5.92 Å². The van der Waals surface area contributed by atoms with Gasteiger partial charge in [0.2, 0.25) is 0 Å². The molecule has 89 valence electrons. The summed E-state index contributed by atoms with van der Waals surface area (Å²) < 4.78 is 0. The van der Waals surface area contributed by atoms with Crippen molar-refractivity contribution < 1.29 is 36.1 Å². The van der Waals surface area contributed by atoms with Gasteiger partial charge in [-0.2, -0.15) is 0 Å². The normalized spacial score (nSPS) is 11.1. The Morgan fingerprint density at radius 1 is 1.27 bits per heavy atom. The second-order valence-corrected chi connectivity index (χ2v) is 3.57. The second kappa shape index (κ2) is 11.5. The Kier molecular flexibility index (Phi) is 13.0. The fraction of sp³-hybridized carbons (Fsp3) is 0.800. The molecule has 0 aliphatic carbocycles. The summed E-state index contributed by atoms with van der Waals surface area (Å²) in [7, 11) is 0. The molecular formula is C10H19CrO4. The fourth-order valence-corrected chi connectivity index (χ4v) is 0.953. The summed E-state index contributed by atoms with van der Waals surface area (Å²) in [5.41, 5.74) is 0. The van der Waals surface area contributed by atoms with Crippen molar-refractivity contribution in [1.29, 1.82) is 0 Å². The van der Waals surface area contributed by atoms with Crippen molar-refractivity contribution in [2.75, 3.05) is 0 Å². The molecule has 0 saturated heterocycles. The molecule has 0 heterocycles. The number of carbonyl (C=O) groups is 2. The van der Waals surface area contributed by atoms with E-state index in [-0.39, 0.29) is 11.2 Å². The molecule has 0 aliphatic rings. The molecule has 0 aromatic heterocycles. The average molecular weight is 255 g/mol. The van der Waals surface area contributed by atoms with Crippen LogP contribution in [0, 0.1) is 5.92 Å². The molecule has 0 rings (SSSR count). The zero-order chi connectivity index (χ0) is 12.3. The number of unbranched alkanes of at least 4 members (excludes halogenated alkanes) is 1. The van der Waals surface area contributed by atoms with Gasteiger partial charge in [0.25, 0.3) is 0 Å². The quantitative estimate of drug-likeness (QED) is 0.763. The maximum absolute atomic E-state index is 10.4. The average Bonchev–Trinajstić information content (AvgIpc) is 2.19. The molecule has 0 aliphatic heterocycles.